The molecule has 0 fully saturated rings. The summed E-state index contributed by atoms with van der Waals surface area (Å²) in [7, 11) is 0. The number of esters is 2. The highest BCUT2D eigenvalue weighted by atomic mass is 16.6. The van der Waals surface area contributed by atoms with Gasteiger partial charge in [0, 0.05) is 25.5 Å². The van der Waals surface area contributed by atoms with Crippen LogP contribution in [0.5, 0.6) is 0 Å². The van der Waals surface area contributed by atoms with Crippen molar-refractivity contribution in [3.63, 3.8) is 0 Å². The predicted octanol–water partition coefficient (Wildman–Crippen LogP) is 5.39. The predicted molar refractivity (Wildman–Crippen MR) is 157 cm³/mol. The number of nitrogens with zero attached hydrogens (tertiary/aromatic N) is 4. The lowest BCUT2D eigenvalue weighted by Crippen LogP contribution is -2.15. The standard InChI is InChI=1S/C33H40N4O4/c38-32(40-21-9-17-30-24-34-36(26-30)19-7-15-28-11-3-1-4-12-28)23-33(39)41-22-10-18-31-25-35-37(27-31)20-8-16-29-13-5-2-6-14-29/h1-6,11-14,24-27H,7-10,15-23H2. The van der Waals surface area contributed by atoms with E-state index in [-0.39, 0.29) is 19.6 Å². The van der Waals surface area contributed by atoms with Crippen LogP contribution in [0.1, 0.15) is 54.4 Å². The second-order valence-corrected chi connectivity index (χ2v) is 10.2. The van der Waals surface area contributed by atoms with E-state index >= 15 is 0 Å². The van der Waals surface area contributed by atoms with E-state index in [0.717, 1.165) is 62.7 Å². The van der Waals surface area contributed by atoms with Crippen molar-refractivity contribution in [1.29, 1.82) is 0 Å². The summed E-state index contributed by atoms with van der Waals surface area (Å²) in [5, 5.41) is 8.84. The highest BCUT2D eigenvalue weighted by molar-refractivity contribution is 5.91. The largest absolute Gasteiger partial charge is 0.465 e. The Bertz CT molecular complexity index is 1220. The van der Waals surface area contributed by atoms with Crippen molar-refractivity contribution in [2.45, 2.75) is 70.9 Å². The normalized spacial score (nSPS) is 10.9. The molecule has 0 spiro atoms. The number of benzene rings is 2. The van der Waals surface area contributed by atoms with E-state index in [9.17, 15) is 9.59 Å². The smallest absolute Gasteiger partial charge is 0.317 e. The molecule has 2 aromatic heterocycles. The molecule has 0 amide bonds. The van der Waals surface area contributed by atoms with Gasteiger partial charge in [-0.25, -0.2) is 0 Å². The maximum atomic E-state index is 12.0. The summed E-state index contributed by atoms with van der Waals surface area (Å²) in [6, 6.07) is 20.9. The van der Waals surface area contributed by atoms with E-state index in [1.165, 1.54) is 11.1 Å². The van der Waals surface area contributed by atoms with Gasteiger partial charge in [0.05, 0.1) is 25.6 Å². The molecule has 8 nitrogen and oxygen atoms in total. The molecule has 0 aliphatic rings. The van der Waals surface area contributed by atoms with Crippen molar-refractivity contribution < 1.29 is 19.1 Å². The fraction of sp³-hybridized carbons (Fsp3) is 0.394. The number of aromatic nitrogens is 4. The van der Waals surface area contributed by atoms with Crippen LogP contribution >= 0.6 is 0 Å². The molecule has 0 saturated heterocycles. The Morgan fingerprint density at radius 3 is 1.41 bits per heavy atom. The van der Waals surface area contributed by atoms with Gasteiger partial charge < -0.3 is 9.47 Å². The van der Waals surface area contributed by atoms with Crippen molar-refractivity contribution in [3.8, 4) is 0 Å². The van der Waals surface area contributed by atoms with Crippen LogP contribution in [0.3, 0.4) is 0 Å². The van der Waals surface area contributed by atoms with Crippen LogP contribution in [-0.4, -0.2) is 44.7 Å². The lowest BCUT2D eigenvalue weighted by atomic mass is 10.1. The Morgan fingerprint density at radius 2 is 0.976 bits per heavy atom. The lowest BCUT2D eigenvalue weighted by Gasteiger charge is -2.06. The molecule has 0 atom stereocenters. The van der Waals surface area contributed by atoms with Crippen LogP contribution < -0.4 is 0 Å². The second-order valence-electron chi connectivity index (χ2n) is 10.2. The first kappa shape index (κ1) is 29.8. The Hall–Kier alpha value is -4.20. The van der Waals surface area contributed by atoms with E-state index in [4.69, 9.17) is 9.47 Å². The van der Waals surface area contributed by atoms with Gasteiger partial charge in [-0.3, -0.25) is 19.0 Å². The second kappa shape index (κ2) is 16.8. The third-order valence-electron chi connectivity index (χ3n) is 6.80. The molecule has 2 aromatic carbocycles. The molecule has 4 aromatic rings. The summed E-state index contributed by atoms with van der Waals surface area (Å²) >= 11 is 0. The van der Waals surface area contributed by atoms with Gasteiger partial charge in [0.1, 0.15) is 6.42 Å². The number of carbonyl (C=O) groups is 2. The number of rotatable bonds is 18. The summed E-state index contributed by atoms with van der Waals surface area (Å²) in [6.07, 6.45) is 14.4. The highest BCUT2D eigenvalue weighted by Gasteiger charge is 2.12. The maximum absolute atomic E-state index is 12.0. The zero-order chi connectivity index (χ0) is 28.5. The summed E-state index contributed by atoms with van der Waals surface area (Å²) < 4.78 is 14.3. The van der Waals surface area contributed by atoms with Crippen LogP contribution in [0.4, 0.5) is 0 Å². The molecule has 4 rings (SSSR count). The first-order valence-electron chi connectivity index (χ1n) is 14.6. The molecule has 0 N–H and O–H groups in total. The van der Waals surface area contributed by atoms with Crippen molar-refractivity contribution in [2.24, 2.45) is 0 Å². The highest BCUT2D eigenvalue weighted by Crippen LogP contribution is 2.08. The first-order valence-corrected chi connectivity index (χ1v) is 14.6. The Labute approximate surface area is 242 Å². The third-order valence-corrected chi connectivity index (χ3v) is 6.80. The van der Waals surface area contributed by atoms with Gasteiger partial charge in [-0.2, -0.15) is 10.2 Å². The van der Waals surface area contributed by atoms with Gasteiger partial charge in [-0.05, 0) is 73.6 Å². The molecule has 0 saturated carbocycles. The fourth-order valence-electron chi connectivity index (χ4n) is 4.64. The average Bonchev–Trinajstić information content (AvgIpc) is 3.64. The van der Waals surface area contributed by atoms with Crippen LogP contribution in [0, 0.1) is 0 Å². The molecule has 2 heterocycles. The fourth-order valence-corrected chi connectivity index (χ4v) is 4.64. The van der Waals surface area contributed by atoms with Gasteiger partial charge in [0.15, 0.2) is 0 Å². The Balaban J connectivity index is 0.997. The quantitative estimate of drug-likeness (QED) is 0.0928. The zero-order valence-corrected chi connectivity index (χ0v) is 23.7. The molecular formula is C33H40N4O4. The minimum atomic E-state index is -0.552. The number of ether oxygens (including phenoxy) is 2. The third kappa shape index (κ3) is 11.4. The van der Waals surface area contributed by atoms with Gasteiger partial charge in [0.25, 0.3) is 0 Å². The molecule has 0 radical (unpaired) electrons. The lowest BCUT2D eigenvalue weighted by molar-refractivity contribution is -0.154. The minimum Gasteiger partial charge on any atom is -0.465 e. The number of aryl methyl sites for hydroxylation is 6. The van der Waals surface area contributed by atoms with Crippen molar-refractivity contribution in [3.05, 3.63) is 108 Å². The van der Waals surface area contributed by atoms with Gasteiger partial charge >= 0.3 is 11.9 Å². The summed E-state index contributed by atoms with van der Waals surface area (Å²) in [6.45, 7) is 2.26. The van der Waals surface area contributed by atoms with Crippen LogP contribution in [0.15, 0.2) is 85.5 Å². The molecule has 8 heteroatoms. The molecule has 216 valence electrons. The van der Waals surface area contributed by atoms with Crippen LogP contribution in [0.2, 0.25) is 0 Å². The molecular weight excluding hydrogens is 516 g/mol. The van der Waals surface area contributed by atoms with Gasteiger partial charge in [-0.1, -0.05) is 60.7 Å². The SMILES string of the molecule is O=C(CC(=O)OCCCc1cnn(CCCc2ccccc2)c1)OCCCc1cnn(CCCc2ccccc2)c1. The summed E-state index contributed by atoms with van der Waals surface area (Å²) in [4.78, 5) is 24.0. The van der Waals surface area contributed by atoms with E-state index in [2.05, 4.69) is 58.7 Å². The number of hydrogen-bond donors (Lipinski definition) is 0. The average molecular weight is 557 g/mol. The van der Waals surface area contributed by atoms with Crippen LogP contribution in [0.25, 0.3) is 0 Å². The van der Waals surface area contributed by atoms with Crippen LogP contribution in [-0.2, 0) is 57.8 Å². The van der Waals surface area contributed by atoms with E-state index in [1.807, 2.05) is 46.3 Å². The van der Waals surface area contributed by atoms with Gasteiger partial charge in [-0.15, -0.1) is 0 Å². The first-order chi connectivity index (χ1) is 20.1. The van der Waals surface area contributed by atoms with E-state index in [1.54, 1.807) is 0 Å². The molecule has 0 bridgehead atoms. The van der Waals surface area contributed by atoms with E-state index < -0.39 is 11.9 Å². The molecule has 41 heavy (non-hydrogen) atoms. The number of carbonyl (C=O) groups excluding carboxylic acids is 2. The Morgan fingerprint density at radius 1 is 0.561 bits per heavy atom. The monoisotopic (exact) mass is 556 g/mol. The van der Waals surface area contributed by atoms with Crippen molar-refractivity contribution in [1.82, 2.24) is 19.6 Å². The summed E-state index contributed by atoms with van der Waals surface area (Å²) in [5.74, 6) is -1.10. The van der Waals surface area contributed by atoms with Crippen molar-refractivity contribution >= 4 is 11.9 Å². The molecule has 0 aliphatic heterocycles. The topological polar surface area (TPSA) is 88.2 Å². The van der Waals surface area contributed by atoms with Crippen molar-refractivity contribution in [2.75, 3.05) is 13.2 Å². The molecule has 0 aliphatic carbocycles. The zero-order valence-electron chi connectivity index (χ0n) is 23.7. The maximum Gasteiger partial charge on any atom is 0.317 e. The Kier molecular flexibility index (Phi) is 12.2. The number of hydrogen-bond acceptors (Lipinski definition) is 6. The summed E-state index contributed by atoms with van der Waals surface area (Å²) in [5.41, 5.74) is 4.88. The van der Waals surface area contributed by atoms with E-state index in [0.29, 0.717) is 12.8 Å². The van der Waals surface area contributed by atoms with Gasteiger partial charge in [0.2, 0.25) is 0 Å². The molecule has 0 unspecified atom stereocenters. The minimum absolute atomic E-state index is 0.265.